The Morgan fingerprint density at radius 1 is 1.30 bits per heavy atom. The molecular formula is C20H19ClN2O4. The number of anilines is 2. The fraction of sp³-hybridized carbons (Fsp3) is 0.300. The van der Waals surface area contributed by atoms with Crippen molar-refractivity contribution in [3.63, 3.8) is 0 Å². The van der Waals surface area contributed by atoms with Crippen molar-refractivity contribution in [3.8, 4) is 11.5 Å². The Kier molecular flexibility index (Phi) is 4.66. The molecule has 2 amide bonds. The summed E-state index contributed by atoms with van der Waals surface area (Å²) in [4.78, 5) is 26.3. The van der Waals surface area contributed by atoms with Crippen LogP contribution < -0.4 is 19.7 Å². The summed E-state index contributed by atoms with van der Waals surface area (Å²) in [7, 11) is 1.55. The Morgan fingerprint density at radius 2 is 2.15 bits per heavy atom. The van der Waals surface area contributed by atoms with Crippen LogP contribution in [-0.4, -0.2) is 31.6 Å². The lowest BCUT2D eigenvalue weighted by atomic mass is 10.1. The third kappa shape index (κ3) is 3.45. The molecule has 140 valence electrons. The first kappa shape index (κ1) is 17.7. The number of amides is 2. The van der Waals surface area contributed by atoms with Gasteiger partial charge < -0.3 is 19.7 Å². The molecule has 0 spiro atoms. The van der Waals surface area contributed by atoms with Crippen LogP contribution in [0.25, 0.3) is 0 Å². The van der Waals surface area contributed by atoms with Gasteiger partial charge in [-0.25, -0.2) is 0 Å². The lowest BCUT2D eigenvalue weighted by molar-refractivity contribution is -0.122. The van der Waals surface area contributed by atoms with Crippen LogP contribution in [0, 0.1) is 0 Å². The highest BCUT2D eigenvalue weighted by Gasteiger charge is 2.30. The van der Waals surface area contributed by atoms with Gasteiger partial charge in [-0.3, -0.25) is 9.59 Å². The molecule has 0 bridgehead atoms. The largest absolute Gasteiger partial charge is 0.494 e. The van der Waals surface area contributed by atoms with E-state index in [0.717, 1.165) is 17.7 Å². The number of fused-ring (bicyclic) bond motifs is 1. The number of halogens is 1. The Labute approximate surface area is 162 Å². The van der Waals surface area contributed by atoms with Crippen molar-refractivity contribution < 1.29 is 19.1 Å². The minimum atomic E-state index is -0.607. The van der Waals surface area contributed by atoms with Crippen molar-refractivity contribution in [1.29, 1.82) is 0 Å². The molecule has 7 heteroatoms. The second-order valence-electron chi connectivity index (χ2n) is 6.59. The van der Waals surface area contributed by atoms with Gasteiger partial charge in [0.15, 0.2) is 6.10 Å². The van der Waals surface area contributed by atoms with E-state index in [1.165, 1.54) is 0 Å². The van der Waals surface area contributed by atoms with Crippen LogP contribution in [0.2, 0.25) is 5.02 Å². The van der Waals surface area contributed by atoms with Crippen LogP contribution in [-0.2, 0) is 16.0 Å². The number of nitrogens with zero attached hydrogens (tertiary/aromatic N) is 1. The van der Waals surface area contributed by atoms with Crippen LogP contribution in [0.1, 0.15) is 18.4 Å². The number of rotatable bonds is 4. The second-order valence-corrected chi connectivity index (χ2v) is 7.02. The average Bonchev–Trinajstić information content (AvgIpc) is 3.27. The molecule has 2 aromatic rings. The summed E-state index contributed by atoms with van der Waals surface area (Å²) in [6.07, 6.45) is 1.25. The van der Waals surface area contributed by atoms with Crippen molar-refractivity contribution in [1.82, 2.24) is 0 Å². The Bertz CT molecular complexity index is 915. The first-order valence-corrected chi connectivity index (χ1v) is 9.17. The SMILES string of the molecule is COc1cc(NC(=O)C2Cc3cc(Cl)ccc3O2)ccc1N1CCCC1=O. The fourth-order valence-electron chi connectivity index (χ4n) is 3.47. The molecule has 2 aromatic carbocycles. The van der Waals surface area contributed by atoms with Crippen LogP contribution in [0.5, 0.6) is 11.5 Å². The third-order valence-electron chi connectivity index (χ3n) is 4.80. The molecule has 1 N–H and O–H groups in total. The summed E-state index contributed by atoms with van der Waals surface area (Å²) >= 11 is 5.99. The molecule has 2 aliphatic rings. The predicted molar refractivity (Wildman–Crippen MR) is 103 cm³/mol. The molecule has 0 aliphatic carbocycles. The van der Waals surface area contributed by atoms with E-state index >= 15 is 0 Å². The molecule has 1 unspecified atom stereocenters. The van der Waals surface area contributed by atoms with E-state index in [1.54, 1.807) is 42.3 Å². The molecule has 1 fully saturated rings. The predicted octanol–water partition coefficient (Wildman–Crippen LogP) is 3.42. The van der Waals surface area contributed by atoms with E-state index in [4.69, 9.17) is 21.1 Å². The van der Waals surface area contributed by atoms with Gasteiger partial charge in [0, 0.05) is 36.2 Å². The fourth-order valence-corrected chi connectivity index (χ4v) is 3.66. The number of benzene rings is 2. The van der Waals surface area contributed by atoms with E-state index in [9.17, 15) is 9.59 Å². The van der Waals surface area contributed by atoms with Gasteiger partial charge in [-0.15, -0.1) is 0 Å². The van der Waals surface area contributed by atoms with Crippen molar-refractivity contribution in [2.45, 2.75) is 25.4 Å². The monoisotopic (exact) mass is 386 g/mol. The van der Waals surface area contributed by atoms with Gasteiger partial charge in [-0.1, -0.05) is 11.6 Å². The standard InChI is InChI=1S/C20H19ClN2O4/c1-26-17-11-14(5-6-15(17)23-8-2-3-19(23)24)22-20(25)18-10-12-9-13(21)4-7-16(12)27-18/h4-7,9,11,18H,2-3,8,10H2,1H3,(H,22,25). The lowest BCUT2D eigenvalue weighted by Gasteiger charge is -2.20. The zero-order chi connectivity index (χ0) is 19.0. The quantitative estimate of drug-likeness (QED) is 0.874. The Hall–Kier alpha value is -2.73. The maximum absolute atomic E-state index is 12.6. The van der Waals surface area contributed by atoms with Crippen LogP contribution in [0.4, 0.5) is 11.4 Å². The third-order valence-corrected chi connectivity index (χ3v) is 5.04. The maximum atomic E-state index is 12.6. The molecule has 0 saturated carbocycles. The van der Waals surface area contributed by atoms with Gasteiger partial charge in [0.05, 0.1) is 12.8 Å². The zero-order valence-electron chi connectivity index (χ0n) is 14.8. The van der Waals surface area contributed by atoms with Crippen molar-refractivity contribution in [2.75, 3.05) is 23.9 Å². The van der Waals surface area contributed by atoms with Gasteiger partial charge in [-0.2, -0.15) is 0 Å². The highest BCUT2D eigenvalue weighted by Crippen LogP contribution is 2.35. The van der Waals surface area contributed by atoms with E-state index in [2.05, 4.69) is 5.32 Å². The highest BCUT2D eigenvalue weighted by atomic mass is 35.5. The Morgan fingerprint density at radius 3 is 2.89 bits per heavy atom. The number of ether oxygens (including phenoxy) is 2. The van der Waals surface area contributed by atoms with Gasteiger partial charge in [-0.05, 0) is 42.3 Å². The number of hydrogen-bond acceptors (Lipinski definition) is 4. The first-order chi connectivity index (χ1) is 13.0. The number of carbonyl (C=O) groups excluding carboxylic acids is 2. The molecule has 2 aliphatic heterocycles. The summed E-state index contributed by atoms with van der Waals surface area (Å²) in [5.74, 6) is 1.07. The summed E-state index contributed by atoms with van der Waals surface area (Å²) in [5.41, 5.74) is 2.23. The molecule has 1 atom stereocenters. The van der Waals surface area contributed by atoms with Gasteiger partial charge in [0.25, 0.3) is 5.91 Å². The molecule has 6 nitrogen and oxygen atoms in total. The first-order valence-electron chi connectivity index (χ1n) is 8.79. The number of carbonyl (C=O) groups is 2. The Balaban J connectivity index is 1.48. The second kappa shape index (κ2) is 7.12. The van der Waals surface area contributed by atoms with Gasteiger partial charge >= 0.3 is 0 Å². The average molecular weight is 387 g/mol. The molecule has 0 radical (unpaired) electrons. The van der Waals surface area contributed by atoms with Crippen LogP contribution in [0.3, 0.4) is 0 Å². The van der Waals surface area contributed by atoms with Gasteiger partial charge in [0.2, 0.25) is 5.91 Å². The van der Waals surface area contributed by atoms with Crippen molar-refractivity contribution in [3.05, 3.63) is 47.0 Å². The molecule has 27 heavy (non-hydrogen) atoms. The molecule has 2 heterocycles. The highest BCUT2D eigenvalue weighted by molar-refractivity contribution is 6.30. The number of nitrogens with one attached hydrogen (secondary N) is 1. The van der Waals surface area contributed by atoms with E-state index in [-0.39, 0.29) is 11.8 Å². The molecule has 1 saturated heterocycles. The smallest absolute Gasteiger partial charge is 0.265 e. The van der Waals surface area contributed by atoms with Crippen molar-refractivity contribution >= 4 is 34.8 Å². The van der Waals surface area contributed by atoms with Gasteiger partial charge in [0.1, 0.15) is 11.5 Å². The van der Waals surface area contributed by atoms with E-state index in [1.807, 2.05) is 6.07 Å². The van der Waals surface area contributed by atoms with E-state index in [0.29, 0.717) is 41.6 Å². The summed E-state index contributed by atoms with van der Waals surface area (Å²) < 4.78 is 11.1. The molecular weight excluding hydrogens is 368 g/mol. The summed E-state index contributed by atoms with van der Waals surface area (Å²) in [6.45, 7) is 0.678. The lowest BCUT2D eigenvalue weighted by Crippen LogP contribution is -2.31. The molecule has 4 rings (SSSR count). The minimum absolute atomic E-state index is 0.0841. The number of methoxy groups -OCH3 is 1. The van der Waals surface area contributed by atoms with Crippen molar-refractivity contribution in [2.24, 2.45) is 0 Å². The summed E-state index contributed by atoms with van der Waals surface area (Å²) in [5, 5.41) is 3.48. The molecule has 0 aromatic heterocycles. The zero-order valence-corrected chi connectivity index (χ0v) is 15.6. The number of hydrogen-bond donors (Lipinski definition) is 1. The summed E-state index contributed by atoms with van der Waals surface area (Å²) in [6, 6.07) is 10.6. The van der Waals surface area contributed by atoms with Crippen LogP contribution >= 0.6 is 11.6 Å². The van der Waals surface area contributed by atoms with E-state index < -0.39 is 6.10 Å². The topological polar surface area (TPSA) is 67.9 Å². The maximum Gasteiger partial charge on any atom is 0.265 e. The van der Waals surface area contributed by atoms with Crippen LogP contribution in [0.15, 0.2) is 36.4 Å². The minimum Gasteiger partial charge on any atom is -0.494 e. The normalized spacial score (nSPS) is 18.2.